The van der Waals surface area contributed by atoms with E-state index in [0.29, 0.717) is 11.4 Å². The number of hydrogen-bond acceptors (Lipinski definition) is 2. The molecule has 2 aromatic carbocycles. The van der Waals surface area contributed by atoms with Crippen LogP contribution in [0.15, 0.2) is 76.4 Å². The van der Waals surface area contributed by atoms with Crippen LogP contribution in [0, 0.1) is 0 Å². The molecule has 2 nitrogen and oxygen atoms in total. The van der Waals surface area contributed by atoms with Gasteiger partial charge in [0.15, 0.2) is 0 Å². The standard InChI is InChI=1S/C19H15ClO2Te/c1-2-8-15-18(23-13-9-4-3-5-10-13)17(22-19(15)21)14-11-6-7-12-16(14)20/h2-7,9-12,17H,1,8H2. The zero-order valence-electron chi connectivity index (χ0n) is 12.4. The monoisotopic (exact) mass is 440 g/mol. The summed E-state index contributed by atoms with van der Waals surface area (Å²) in [6.45, 7) is 3.76. The average molecular weight is 438 g/mol. The first-order valence-corrected chi connectivity index (χ1v) is 9.93. The van der Waals surface area contributed by atoms with Crippen LogP contribution >= 0.6 is 11.6 Å². The molecule has 0 aliphatic carbocycles. The van der Waals surface area contributed by atoms with Gasteiger partial charge >= 0.3 is 151 Å². The topological polar surface area (TPSA) is 26.3 Å². The summed E-state index contributed by atoms with van der Waals surface area (Å²) in [5.74, 6) is -0.245. The summed E-state index contributed by atoms with van der Waals surface area (Å²) < 4.78 is 8.03. The van der Waals surface area contributed by atoms with Gasteiger partial charge in [0.1, 0.15) is 0 Å². The maximum absolute atomic E-state index is 12.3. The number of allylic oxidation sites excluding steroid dienone is 1. The molecule has 1 unspecified atom stereocenters. The molecular weight excluding hydrogens is 423 g/mol. The van der Waals surface area contributed by atoms with Crippen molar-refractivity contribution in [1.82, 2.24) is 0 Å². The Labute approximate surface area is 150 Å². The molecule has 0 saturated heterocycles. The van der Waals surface area contributed by atoms with E-state index < -0.39 is 20.9 Å². The first kappa shape index (κ1) is 16.3. The van der Waals surface area contributed by atoms with Crippen LogP contribution in [-0.2, 0) is 9.53 Å². The van der Waals surface area contributed by atoms with Crippen molar-refractivity contribution in [1.29, 1.82) is 0 Å². The summed E-state index contributed by atoms with van der Waals surface area (Å²) in [5, 5.41) is 0.628. The number of carbonyl (C=O) groups is 1. The van der Waals surface area contributed by atoms with E-state index >= 15 is 0 Å². The van der Waals surface area contributed by atoms with E-state index in [2.05, 4.69) is 18.7 Å². The number of halogens is 1. The van der Waals surface area contributed by atoms with Crippen molar-refractivity contribution in [2.24, 2.45) is 0 Å². The second-order valence-corrected chi connectivity index (χ2v) is 8.65. The number of cyclic esters (lactones) is 1. The second-order valence-electron chi connectivity index (χ2n) is 5.06. The van der Waals surface area contributed by atoms with Crippen LogP contribution in [0.4, 0.5) is 0 Å². The van der Waals surface area contributed by atoms with E-state index in [9.17, 15) is 4.79 Å². The van der Waals surface area contributed by atoms with E-state index in [1.54, 1.807) is 6.08 Å². The van der Waals surface area contributed by atoms with Gasteiger partial charge in [-0.25, -0.2) is 0 Å². The quantitative estimate of drug-likeness (QED) is 0.403. The maximum atomic E-state index is 12.3. The minimum atomic E-state index is -0.720. The normalized spacial score (nSPS) is 17.3. The number of esters is 1. The molecule has 2 aromatic rings. The van der Waals surface area contributed by atoms with Crippen molar-refractivity contribution in [3.05, 3.63) is 87.0 Å². The average Bonchev–Trinajstić information content (AvgIpc) is 2.86. The first-order chi connectivity index (χ1) is 11.2. The Hall–Kier alpha value is -1.53. The Morgan fingerprint density at radius 3 is 2.52 bits per heavy atom. The molecule has 1 aliphatic rings. The minimum absolute atomic E-state index is 0.245. The molecule has 116 valence electrons. The summed E-state index contributed by atoms with van der Waals surface area (Å²) in [6.07, 6.45) is 1.92. The molecule has 3 rings (SSSR count). The van der Waals surface area contributed by atoms with Gasteiger partial charge in [0, 0.05) is 0 Å². The Morgan fingerprint density at radius 2 is 1.83 bits per heavy atom. The number of ether oxygens (including phenoxy) is 1. The Kier molecular flexibility index (Phi) is 5.23. The van der Waals surface area contributed by atoms with Crippen molar-refractivity contribution >= 4 is 42.1 Å². The SMILES string of the molecule is C=CCC1=C([Te]c2ccccc2)C(c2ccccc2Cl)OC1=O. The third-order valence-corrected chi connectivity index (χ3v) is 7.25. The third kappa shape index (κ3) is 3.53. The summed E-state index contributed by atoms with van der Waals surface area (Å²) in [6, 6.07) is 17.8. The van der Waals surface area contributed by atoms with Crippen LogP contribution < -0.4 is 3.61 Å². The molecule has 1 aliphatic heterocycles. The van der Waals surface area contributed by atoms with Gasteiger partial charge < -0.3 is 0 Å². The predicted molar refractivity (Wildman–Crippen MR) is 94.0 cm³/mol. The summed E-state index contributed by atoms with van der Waals surface area (Å²) >= 11 is 5.61. The van der Waals surface area contributed by atoms with Gasteiger partial charge in [-0.15, -0.1) is 0 Å². The molecule has 0 aromatic heterocycles. The fraction of sp³-hybridized carbons (Fsp3) is 0.105. The van der Waals surface area contributed by atoms with Crippen LogP contribution in [0.2, 0.25) is 5.02 Å². The number of rotatable bonds is 5. The van der Waals surface area contributed by atoms with E-state index in [1.807, 2.05) is 42.5 Å². The molecule has 0 amide bonds. The van der Waals surface area contributed by atoms with Crippen molar-refractivity contribution < 1.29 is 9.53 Å². The molecule has 0 bridgehead atoms. The zero-order valence-corrected chi connectivity index (χ0v) is 15.5. The Morgan fingerprint density at radius 1 is 1.13 bits per heavy atom. The van der Waals surface area contributed by atoms with Gasteiger partial charge in [-0.3, -0.25) is 0 Å². The van der Waals surface area contributed by atoms with Crippen LogP contribution in [0.1, 0.15) is 18.1 Å². The van der Waals surface area contributed by atoms with E-state index in [0.717, 1.165) is 14.8 Å². The van der Waals surface area contributed by atoms with Crippen molar-refractivity contribution in [2.45, 2.75) is 12.5 Å². The van der Waals surface area contributed by atoms with Crippen LogP contribution in [0.25, 0.3) is 0 Å². The molecule has 0 saturated carbocycles. The fourth-order valence-corrected chi connectivity index (χ4v) is 5.87. The predicted octanol–water partition coefficient (Wildman–Crippen LogP) is 3.80. The Bertz CT molecular complexity index is 768. The zero-order chi connectivity index (χ0) is 16.2. The van der Waals surface area contributed by atoms with Gasteiger partial charge in [0.05, 0.1) is 0 Å². The van der Waals surface area contributed by atoms with Crippen LogP contribution in [0.5, 0.6) is 0 Å². The molecule has 0 radical (unpaired) electrons. The number of hydrogen-bond donors (Lipinski definition) is 0. The van der Waals surface area contributed by atoms with Gasteiger partial charge in [-0.2, -0.15) is 0 Å². The molecular formula is C19H15ClO2Te. The molecule has 0 spiro atoms. The number of carbonyl (C=O) groups excluding carboxylic acids is 1. The van der Waals surface area contributed by atoms with Gasteiger partial charge in [0.2, 0.25) is 0 Å². The molecule has 0 fully saturated rings. The van der Waals surface area contributed by atoms with E-state index in [1.165, 1.54) is 3.61 Å². The molecule has 1 heterocycles. The molecule has 1 atom stereocenters. The van der Waals surface area contributed by atoms with Gasteiger partial charge in [-0.05, 0) is 0 Å². The Balaban J connectivity index is 2.04. The van der Waals surface area contributed by atoms with E-state index in [-0.39, 0.29) is 12.1 Å². The molecule has 4 heteroatoms. The van der Waals surface area contributed by atoms with Crippen LogP contribution in [0.3, 0.4) is 0 Å². The van der Waals surface area contributed by atoms with Gasteiger partial charge in [-0.1, -0.05) is 0 Å². The fourth-order valence-electron chi connectivity index (χ4n) is 2.44. The summed E-state index contributed by atoms with van der Waals surface area (Å²) in [5.41, 5.74) is 1.61. The summed E-state index contributed by atoms with van der Waals surface area (Å²) in [4.78, 5) is 12.3. The van der Waals surface area contributed by atoms with Crippen molar-refractivity contribution in [2.75, 3.05) is 0 Å². The molecule has 23 heavy (non-hydrogen) atoms. The molecule has 0 N–H and O–H groups in total. The second kappa shape index (κ2) is 7.36. The van der Waals surface area contributed by atoms with Crippen molar-refractivity contribution in [3.8, 4) is 0 Å². The van der Waals surface area contributed by atoms with Crippen molar-refractivity contribution in [3.63, 3.8) is 0 Å². The summed E-state index contributed by atoms with van der Waals surface area (Å²) in [7, 11) is 0. The van der Waals surface area contributed by atoms with Crippen LogP contribution in [-0.4, -0.2) is 26.9 Å². The third-order valence-electron chi connectivity index (χ3n) is 3.51. The first-order valence-electron chi connectivity index (χ1n) is 7.23. The van der Waals surface area contributed by atoms with Gasteiger partial charge in [0.25, 0.3) is 0 Å². The number of benzene rings is 2. The van der Waals surface area contributed by atoms with E-state index in [4.69, 9.17) is 16.3 Å².